The summed E-state index contributed by atoms with van der Waals surface area (Å²) in [5.41, 5.74) is 1.04. The van der Waals surface area contributed by atoms with E-state index in [1.54, 1.807) is 6.20 Å². The average molecular weight is 443 g/mol. The van der Waals surface area contributed by atoms with Gasteiger partial charge in [-0.25, -0.2) is 18.7 Å². The number of hydrogen-bond donors (Lipinski definition) is 3. The summed E-state index contributed by atoms with van der Waals surface area (Å²) in [6.45, 7) is 0.244. The Morgan fingerprint density at radius 2 is 1.72 bits per heavy atom. The molecule has 2 saturated carbocycles. The van der Waals surface area contributed by atoms with Gasteiger partial charge in [0.05, 0.1) is 6.20 Å². The number of hydrogen-bond acceptors (Lipinski definition) is 6. The molecule has 0 atom stereocenters. The molecule has 170 valence electrons. The first-order valence-electron chi connectivity index (χ1n) is 11.5. The predicted octanol–water partition coefficient (Wildman–Crippen LogP) is 4.93. The monoisotopic (exact) mass is 442 g/mol. The highest BCUT2D eigenvalue weighted by molar-refractivity contribution is 5.76. The maximum atomic E-state index is 14.3. The van der Waals surface area contributed by atoms with Crippen LogP contribution in [0.5, 0.6) is 0 Å². The van der Waals surface area contributed by atoms with E-state index in [4.69, 9.17) is 4.98 Å². The zero-order valence-corrected chi connectivity index (χ0v) is 17.9. The van der Waals surface area contributed by atoms with Gasteiger partial charge in [0, 0.05) is 18.7 Å². The van der Waals surface area contributed by atoms with E-state index in [9.17, 15) is 13.9 Å². The molecule has 0 bridgehead atoms. The number of nitrogens with zero attached hydrogens (tertiary/aromatic N) is 4. The molecule has 5 rings (SSSR count). The van der Waals surface area contributed by atoms with Gasteiger partial charge in [-0.05, 0) is 56.6 Å². The fourth-order valence-electron chi connectivity index (χ4n) is 4.96. The zero-order valence-electron chi connectivity index (χ0n) is 17.9. The maximum Gasteiger partial charge on any atom is 0.224 e. The van der Waals surface area contributed by atoms with Crippen LogP contribution in [0.3, 0.4) is 0 Å². The van der Waals surface area contributed by atoms with Crippen LogP contribution in [0.15, 0.2) is 24.4 Å². The summed E-state index contributed by atoms with van der Waals surface area (Å²) in [7, 11) is 0. The summed E-state index contributed by atoms with van der Waals surface area (Å²) >= 11 is 0. The number of nitrogens with one attached hydrogen (secondary N) is 2. The second-order valence-electron chi connectivity index (χ2n) is 8.91. The van der Waals surface area contributed by atoms with Crippen molar-refractivity contribution in [3.8, 4) is 0 Å². The number of aromatic nitrogens is 4. The maximum absolute atomic E-state index is 14.3. The number of imidazole rings is 1. The highest BCUT2D eigenvalue weighted by Crippen LogP contribution is 2.36. The summed E-state index contributed by atoms with van der Waals surface area (Å²) in [6, 6.07) is 4.22. The molecule has 2 heterocycles. The molecule has 7 nitrogen and oxygen atoms in total. The van der Waals surface area contributed by atoms with E-state index in [0.717, 1.165) is 51.4 Å². The normalized spacial score (nSPS) is 21.8. The van der Waals surface area contributed by atoms with Gasteiger partial charge in [-0.1, -0.05) is 18.9 Å². The molecule has 0 unspecified atom stereocenters. The smallest absolute Gasteiger partial charge is 0.224 e. The molecule has 0 aliphatic heterocycles. The van der Waals surface area contributed by atoms with Gasteiger partial charge in [-0.15, -0.1) is 0 Å². The van der Waals surface area contributed by atoms with Crippen molar-refractivity contribution in [3.05, 3.63) is 36.0 Å². The highest BCUT2D eigenvalue weighted by Gasteiger charge is 2.26. The number of aliphatic hydroxyl groups excluding tert-OH is 1. The van der Waals surface area contributed by atoms with Gasteiger partial charge < -0.3 is 15.7 Å². The number of rotatable bonds is 6. The van der Waals surface area contributed by atoms with Crippen molar-refractivity contribution in [2.45, 2.75) is 63.5 Å². The van der Waals surface area contributed by atoms with E-state index in [1.165, 1.54) is 18.2 Å². The first kappa shape index (κ1) is 21.1. The Morgan fingerprint density at radius 1 is 1.00 bits per heavy atom. The fourth-order valence-corrected chi connectivity index (χ4v) is 4.96. The van der Waals surface area contributed by atoms with Gasteiger partial charge in [-0.3, -0.25) is 4.57 Å². The van der Waals surface area contributed by atoms with Crippen molar-refractivity contribution in [2.75, 3.05) is 17.2 Å². The quantitative estimate of drug-likeness (QED) is 0.502. The van der Waals surface area contributed by atoms with Gasteiger partial charge in [0.1, 0.15) is 22.8 Å². The number of halogens is 2. The highest BCUT2D eigenvalue weighted by atomic mass is 19.1. The van der Waals surface area contributed by atoms with Crippen molar-refractivity contribution < 1.29 is 13.9 Å². The minimum absolute atomic E-state index is 0.167. The third-order valence-electron chi connectivity index (χ3n) is 6.76. The van der Waals surface area contributed by atoms with Crippen LogP contribution < -0.4 is 10.6 Å². The lowest BCUT2D eigenvalue weighted by molar-refractivity contribution is 0.185. The van der Waals surface area contributed by atoms with Crippen molar-refractivity contribution in [1.82, 2.24) is 19.5 Å². The van der Waals surface area contributed by atoms with Gasteiger partial charge in [-0.2, -0.15) is 4.98 Å². The summed E-state index contributed by atoms with van der Waals surface area (Å²) in [4.78, 5) is 13.8. The summed E-state index contributed by atoms with van der Waals surface area (Å²) < 4.78 is 30.5. The van der Waals surface area contributed by atoms with E-state index in [2.05, 4.69) is 20.6 Å². The standard InChI is InChI=1S/C23H28F2N6O/c24-17-6-3-7-18(25)20(17)29-23-28-19-12-26-22(27-15-10-8-14(13-32)9-11-15)30-21(19)31(23)16-4-1-2-5-16/h3,6-7,12,14-16,32H,1-2,4-5,8-11,13H2,(H,28,29)(H,26,27,30)/t14-,15-. The molecule has 3 aromatic rings. The molecule has 2 fully saturated rings. The average Bonchev–Trinajstić information content (AvgIpc) is 3.44. The van der Waals surface area contributed by atoms with E-state index in [1.807, 2.05) is 4.57 Å². The van der Waals surface area contributed by atoms with Crippen LogP contribution in [-0.2, 0) is 0 Å². The lowest BCUT2D eigenvalue weighted by atomic mass is 9.87. The van der Waals surface area contributed by atoms with Gasteiger partial charge >= 0.3 is 0 Å². The second kappa shape index (κ2) is 8.97. The third kappa shape index (κ3) is 4.13. The van der Waals surface area contributed by atoms with Crippen LogP contribution in [-0.4, -0.2) is 37.3 Å². The first-order valence-corrected chi connectivity index (χ1v) is 11.5. The van der Waals surface area contributed by atoms with Gasteiger partial charge in [0.25, 0.3) is 0 Å². The molecule has 0 amide bonds. The zero-order chi connectivity index (χ0) is 22.1. The minimum Gasteiger partial charge on any atom is -0.396 e. The van der Waals surface area contributed by atoms with Crippen molar-refractivity contribution in [3.63, 3.8) is 0 Å². The van der Waals surface area contributed by atoms with Crippen LogP contribution >= 0.6 is 0 Å². The van der Waals surface area contributed by atoms with Crippen molar-refractivity contribution in [2.24, 2.45) is 5.92 Å². The predicted molar refractivity (Wildman–Crippen MR) is 119 cm³/mol. The van der Waals surface area contributed by atoms with Crippen molar-refractivity contribution in [1.29, 1.82) is 0 Å². The lowest BCUT2D eigenvalue weighted by Gasteiger charge is -2.27. The Bertz CT molecular complexity index is 1070. The van der Waals surface area contributed by atoms with E-state index in [-0.39, 0.29) is 24.4 Å². The number of para-hydroxylation sites is 1. The molecule has 0 radical (unpaired) electrons. The molecule has 0 saturated heterocycles. The lowest BCUT2D eigenvalue weighted by Crippen LogP contribution is -2.28. The van der Waals surface area contributed by atoms with Gasteiger partial charge in [0.15, 0.2) is 5.65 Å². The minimum atomic E-state index is -0.665. The molecule has 32 heavy (non-hydrogen) atoms. The first-order chi connectivity index (χ1) is 15.6. The molecular formula is C23H28F2N6O. The molecule has 3 N–H and O–H groups in total. The third-order valence-corrected chi connectivity index (χ3v) is 6.76. The Morgan fingerprint density at radius 3 is 2.41 bits per heavy atom. The SMILES string of the molecule is OC[C@H]1CC[C@H](Nc2ncc3nc(Nc4c(F)cccc4F)n(C4CCCC4)c3n2)CC1. The van der Waals surface area contributed by atoms with E-state index < -0.39 is 11.6 Å². The Balaban J connectivity index is 1.47. The number of aliphatic hydroxyl groups is 1. The molecule has 2 aromatic heterocycles. The molecule has 2 aliphatic carbocycles. The fraction of sp³-hybridized carbons (Fsp3) is 0.522. The van der Waals surface area contributed by atoms with E-state index >= 15 is 0 Å². The van der Waals surface area contributed by atoms with Gasteiger partial charge in [0.2, 0.25) is 11.9 Å². The van der Waals surface area contributed by atoms with Crippen LogP contribution in [0.25, 0.3) is 11.2 Å². The van der Waals surface area contributed by atoms with Crippen LogP contribution in [0.2, 0.25) is 0 Å². The topological polar surface area (TPSA) is 87.9 Å². The Kier molecular flexibility index (Phi) is 5.91. The molecular weight excluding hydrogens is 414 g/mol. The Labute approximate surface area is 185 Å². The number of anilines is 3. The molecule has 9 heteroatoms. The van der Waals surface area contributed by atoms with Crippen LogP contribution in [0, 0.1) is 17.6 Å². The second-order valence-corrected chi connectivity index (χ2v) is 8.91. The summed E-state index contributed by atoms with van der Waals surface area (Å²) in [5.74, 6) is -0.0323. The van der Waals surface area contributed by atoms with Crippen LogP contribution in [0.4, 0.5) is 26.4 Å². The Hall–Kier alpha value is -2.81. The van der Waals surface area contributed by atoms with Crippen molar-refractivity contribution >= 4 is 28.7 Å². The van der Waals surface area contributed by atoms with Crippen LogP contribution in [0.1, 0.15) is 57.4 Å². The molecule has 0 spiro atoms. The number of benzene rings is 1. The summed E-state index contributed by atoms with van der Waals surface area (Å²) in [5, 5.41) is 15.7. The number of fused-ring (bicyclic) bond motifs is 1. The van der Waals surface area contributed by atoms with E-state index in [0.29, 0.717) is 29.0 Å². The summed E-state index contributed by atoms with van der Waals surface area (Å²) in [6.07, 6.45) is 9.71. The molecule has 1 aromatic carbocycles. The largest absolute Gasteiger partial charge is 0.396 e. The molecule has 2 aliphatic rings.